The zero-order valence-electron chi connectivity index (χ0n) is 10.4. The van der Waals surface area contributed by atoms with Crippen LogP contribution in [0.2, 0.25) is 0 Å². The Bertz CT molecular complexity index is 501. The van der Waals surface area contributed by atoms with Gasteiger partial charge in [-0.15, -0.1) is 0 Å². The minimum atomic E-state index is 1.22. The molecule has 0 heterocycles. The molecule has 0 spiro atoms. The summed E-state index contributed by atoms with van der Waals surface area (Å²) >= 11 is 0. The van der Waals surface area contributed by atoms with Crippen molar-refractivity contribution in [2.45, 2.75) is 27.7 Å². The molecule has 0 saturated heterocycles. The Hall–Kier alpha value is -1.56. The topological polar surface area (TPSA) is 0 Å². The molecule has 0 aliphatic heterocycles. The Morgan fingerprint density at radius 1 is 0.750 bits per heavy atom. The molecule has 0 amide bonds. The summed E-state index contributed by atoms with van der Waals surface area (Å²) in [6.45, 7) is 8.53. The normalized spacial score (nSPS) is 10.5. The van der Waals surface area contributed by atoms with Gasteiger partial charge in [0.15, 0.2) is 0 Å². The van der Waals surface area contributed by atoms with Gasteiger partial charge in [-0.05, 0) is 50.5 Å². The lowest BCUT2D eigenvalue weighted by atomic mass is 9.96. The molecule has 0 saturated carbocycles. The van der Waals surface area contributed by atoms with Crippen LogP contribution in [-0.4, -0.2) is 0 Å². The fourth-order valence-electron chi connectivity index (χ4n) is 2.19. The van der Waals surface area contributed by atoms with Gasteiger partial charge in [0.25, 0.3) is 0 Å². The zero-order valence-corrected chi connectivity index (χ0v) is 10.4. The first kappa shape index (κ1) is 10.9. The summed E-state index contributed by atoms with van der Waals surface area (Å²) in [5, 5.41) is 0. The van der Waals surface area contributed by atoms with Crippen LogP contribution in [-0.2, 0) is 0 Å². The van der Waals surface area contributed by atoms with Crippen molar-refractivity contribution in [1.29, 1.82) is 0 Å². The molecule has 81 valence electrons. The van der Waals surface area contributed by atoms with Gasteiger partial charge >= 0.3 is 0 Å². The van der Waals surface area contributed by atoms with Crippen molar-refractivity contribution in [2.75, 3.05) is 0 Å². The van der Waals surface area contributed by atoms with Crippen LogP contribution in [0.5, 0.6) is 0 Å². The molecule has 0 aromatic heterocycles. The highest BCUT2D eigenvalue weighted by molar-refractivity contribution is 5.68. The van der Waals surface area contributed by atoms with Crippen molar-refractivity contribution in [2.24, 2.45) is 0 Å². The van der Waals surface area contributed by atoms with Gasteiger partial charge in [-0.3, -0.25) is 0 Å². The van der Waals surface area contributed by atoms with Crippen LogP contribution in [0.1, 0.15) is 22.3 Å². The van der Waals surface area contributed by atoms with Crippen molar-refractivity contribution in [3.63, 3.8) is 0 Å². The van der Waals surface area contributed by atoms with Crippen molar-refractivity contribution in [3.05, 3.63) is 58.7 Å². The van der Waals surface area contributed by atoms with E-state index in [2.05, 4.69) is 64.1 Å². The third-order valence-corrected chi connectivity index (χ3v) is 2.79. The van der Waals surface area contributed by atoms with Gasteiger partial charge in [0.05, 0.1) is 0 Å². The van der Waals surface area contributed by atoms with E-state index in [1.54, 1.807) is 0 Å². The van der Waals surface area contributed by atoms with Gasteiger partial charge in [0.2, 0.25) is 0 Å². The highest BCUT2D eigenvalue weighted by Gasteiger charge is 2.03. The highest BCUT2D eigenvalue weighted by Crippen LogP contribution is 2.25. The highest BCUT2D eigenvalue weighted by atomic mass is 14.1. The van der Waals surface area contributed by atoms with Crippen molar-refractivity contribution >= 4 is 0 Å². The standard InChI is InChI=1S/C16H17/c1-11-5-6-16(14(4)8-11)15-9-12(2)7-13(3)10-15/h5,7-10H,1-4H3. The molecule has 0 fully saturated rings. The predicted octanol–water partition coefficient (Wildman–Crippen LogP) is 4.39. The second-order valence-electron chi connectivity index (χ2n) is 4.61. The Labute approximate surface area is 97.9 Å². The van der Waals surface area contributed by atoms with E-state index in [0.29, 0.717) is 0 Å². The van der Waals surface area contributed by atoms with Gasteiger partial charge in [0, 0.05) is 0 Å². The first-order chi connectivity index (χ1) is 7.56. The Morgan fingerprint density at radius 3 is 1.94 bits per heavy atom. The summed E-state index contributed by atoms with van der Waals surface area (Å²) in [6, 6.07) is 14.3. The minimum absolute atomic E-state index is 1.22. The molecule has 1 radical (unpaired) electrons. The lowest BCUT2D eigenvalue weighted by Crippen LogP contribution is -1.87. The summed E-state index contributed by atoms with van der Waals surface area (Å²) in [5.74, 6) is 0. The predicted molar refractivity (Wildman–Crippen MR) is 69.7 cm³/mol. The average Bonchev–Trinajstić information content (AvgIpc) is 2.15. The molecule has 2 aromatic carbocycles. The van der Waals surface area contributed by atoms with Gasteiger partial charge in [0.1, 0.15) is 0 Å². The van der Waals surface area contributed by atoms with Gasteiger partial charge in [-0.2, -0.15) is 0 Å². The van der Waals surface area contributed by atoms with Crippen LogP contribution in [0.3, 0.4) is 0 Å². The maximum absolute atomic E-state index is 3.38. The molecule has 0 nitrogen and oxygen atoms in total. The fourth-order valence-corrected chi connectivity index (χ4v) is 2.19. The van der Waals surface area contributed by atoms with E-state index < -0.39 is 0 Å². The van der Waals surface area contributed by atoms with Crippen LogP contribution >= 0.6 is 0 Å². The maximum Gasteiger partial charge on any atom is -0.00755 e. The van der Waals surface area contributed by atoms with Crippen LogP contribution in [0.15, 0.2) is 30.3 Å². The molecule has 0 atom stereocenters. The molecule has 2 aromatic rings. The smallest absolute Gasteiger partial charge is 0.00755 e. The molecule has 0 unspecified atom stereocenters. The summed E-state index contributed by atoms with van der Waals surface area (Å²) in [5.41, 5.74) is 7.68. The molecule has 0 heteroatoms. The number of aryl methyl sites for hydroxylation is 4. The van der Waals surface area contributed by atoms with Gasteiger partial charge in [-0.25, -0.2) is 0 Å². The largest absolute Gasteiger partial charge is 0.0563 e. The second-order valence-corrected chi connectivity index (χ2v) is 4.61. The monoisotopic (exact) mass is 209 g/mol. The Balaban J connectivity index is 2.58. The molecule has 0 aliphatic carbocycles. The molecule has 0 bridgehead atoms. The molecule has 0 aliphatic rings. The first-order valence-corrected chi connectivity index (χ1v) is 5.64. The lowest BCUT2D eigenvalue weighted by molar-refractivity contribution is 1.35. The quantitative estimate of drug-likeness (QED) is 0.653. The van der Waals surface area contributed by atoms with Crippen LogP contribution in [0.25, 0.3) is 11.1 Å². The third kappa shape index (κ3) is 2.16. The van der Waals surface area contributed by atoms with Crippen molar-refractivity contribution < 1.29 is 0 Å². The molecule has 0 N–H and O–H groups in total. The zero-order chi connectivity index (χ0) is 11.7. The van der Waals surface area contributed by atoms with E-state index in [0.717, 1.165) is 0 Å². The van der Waals surface area contributed by atoms with Crippen LogP contribution in [0.4, 0.5) is 0 Å². The van der Waals surface area contributed by atoms with Crippen LogP contribution < -0.4 is 0 Å². The number of benzene rings is 2. The summed E-state index contributed by atoms with van der Waals surface area (Å²) in [6.07, 6.45) is 0. The molecule has 16 heavy (non-hydrogen) atoms. The summed E-state index contributed by atoms with van der Waals surface area (Å²) < 4.78 is 0. The van der Waals surface area contributed by atoms with Crippen molar-refractivity contribution in [3.8, 4) is 11.1 Å². The second kappa shape index (κ2) is 4.13. The molecule has 2 rings (SSSR count). The molecular formula is C16H17. The summed E-state index contributed by atoms with van der Waals surface area (Å²) in [4.78, 5) is 0. The Morgan fingerprint density at radius 2 is 1.38 bits per heavy atom. The maximum atomic E-state index is 3.38. The average molecular weight is 209 g/mol. The minimum Gasteiger partial charge on any atom is -0.0563 e. The van der Waals surface area contributed by atoms with E-state index in [1.165, 1.54) is 33.4 Å². The first-order valence-electron chi connectivity index (χ1n) is 5.64. The third-order valence-electron chi connectivity index (χ3n) is 2.79. The number of rotatable bonds is 1. The number of hydrogen-bond acceptors (Lipinski definition) is 0. The van der Waals surface area contributed by atoms with Gasteiger partial charge < -0.3 is 0 Å². The molecular weight excluding hydrogens is 192 g/mol. The number of hydrogen-bond donors (Lipinski definition) is 0. The van der Waals surface area contributed by atoms with Crippen LogP contribution in [0, 0.1) is 33.8 Å². The van der Waals surface area contributed by atoms with E-state index in [9.17, 15) is 0 Å². The lowest BCUT2D eigenvalue weighted by Gasteiger charge is -2.08. The van der Waals surface area contributed by atoms with E-state index in [4.69, 9.17) is 0 Å². The van der Waals surface area contributed by atoms with Crippen molar-refractivity contribution in [1.82, 2.24) is 0 Å². The fraction of sp³-hybridized carbons (Fsp3) is 0.250. The summed E-state index contributed by atoms with van der Waals surface area (Å²) in [7, 11) is 0. The van der Waals surface area contributed by atoms with E-state index in [1.807, 2.05) is 0 Å². The Kier molecular flexibility index (Phi) is 2.82. The van der Waals surface area contributed by atoms with E-state index >= 15 is 0 Å². The van der Waals surface area contributed by atoms with Gasteiger partial charge in [-0.1, -0.05) is 47.0 Å². The van der Waals surface area contributed by atoms with E-state index in [-0.39, 0.29) is 0 Å². The SMILES string of the molecule is Cc1cc(C)cc(-c2[c]cc(C)cc2C)c1.